The van der Waals surface area contributed by atoms with Crippen molar-refractivity contribution in [2.45, 2.75) is 19.4 Å². The molecule has 10 heteroatoms. The molecule has 172 valence electrons. The number of aliphatic hydroxyl groups is 1. The van der Waals surface area contributed by atoms with E-state index in [2.05, 4.69) is 10.6 Å². The van der Waals surface area contributed by atoms with Crippen molar-refractivity contribution < 1.29 is 33.4 Å². The van der Waals surface area contributed by atoms with Crippen molar-refractivity contribution in [2.24, 2.45) is 0 Å². The summed E-state index contributed by atoms with van der Waals surface area (Å²) in [5, 5.41) is 14.9. The third-order valence-corrected chi connectivity index (χ3v) is 4.53. The van der Waals surface area contributed by atoms with E-state index in [1.807, 2.05) is 0 Å². The predicted molar refractivity (Wildman–Crippen MR) is 115 cm³/mol. The molecule has 0 radical (unpaired) electrons. The van der Waals surface area contributed by atoms with Gasteiger partial charge in [-0.2, -0.15) is 0 Å². The first-order valence-corrected chi connectivity index (χ1v) is 10.2. The number of benzene rings is 2. The summed E-state index contributed by atoms with van der Waals surface area (Å²) < 4.78 is 23.8. The van der Waals surface area contributed by atoms with E-state index in [4.69, 9.17) is 21.1 Å². The largest absolute Gasteiger partial charge is 0.484 e. The molecule has 0 aliphatic carbocycles. The van der Waals surface area contributed by atoms with Crippen LogP contribution in [0.5, 0.6) is 11.5 Å². The number of hydrogen-bond donors (Lipinski definition) is 3. The third kappa shape index (κ3) is 8.91. The Balaban J connectivity index is 1.57. The molecule has 3 N–H and O–H groups in total. The number of rotatable bonds is 12. The lowest BCUT2D eigenvalue weighted by atomic mass is 10.1. The van der Waals surface area contributed by atoms with Crippen LogP contribution in [0.1, 0.15) is 23.7 Å². The molecule has 1 atom stereocenters. The van der Waals surface area contributed by atoms with Gasteiger partial charge < -0.3 is 25.2 Å². The van der Waals surface area contributed by atoms with Crippen molar-refractivity contribution in [1.82, 2.24) is 10.6 Å². The van der Waals surface area contributed by atoms with E-state index in [9.17, 15) is 23.9 Å². The number of aliphatic hydroxyl groups excluding tert-OH is 1. The van der Waals surface area contributed by atoms with Crippen molar-refractivity contribution in [3.8, 4) is 11.5 Å². The molecule has 2 amide bonds. The number of carbonyl (C=O) groups excluding carboxylic acids is 3. The average molecular weight is 467 g/mol. The van der Waals surface area contributed by atoms with E-state index in [0.29, 0.717) is 11.3 Å². The Labute approximate surface area is 189 Å². The maximum atomic E-state index is 13.3. The quantitative estimate of drug-likeness (QED) is 0.413. The fourth-order valence-electron chi connectivity index (χ4n) is 2.46. The maximum Gasteiger partial charge on any atom is 0.258 e. The Kier molecular flexibility index (Phi) is 9.90. The zero-order valence-corrected chi connectivity index (χ0v) is 18.2. The predicted octanol–water partition coefficient (Wildman–Crippen LogP) is 2.12. The average Bonchev–Trinajstić information content (AvgIpc) is 2.77. The first-order valence-electron chi connectivity index (χ1n) is 9.77. The van der Waals surface area contributed by atoms with Gasteiger partial charge in [0.2, 0.25) is 0 Å². The number of Topliss-reactive ketones (excluding diaryl/α,β-unsaturated/α-hetero) is 1. The first-order chi connectivity index (χ1) is 15.2. The van der Waals surface area contributed by atoms with E-state index >= 15 is 0 Å². The Bertz CT molecular complexity index is 939. The van der Waals surface area contributed by atoms with Crippen LogP contribution in [0.3, 0.4) is 0 Å². The standard InChI is InChI=1S/C22H24ClFN2O6/c1-14(27)15-2-4-17(5-3-15)31-12-21(29)25-9-8-16(28)11-26-22(30)13-32-18-6-7-19(23)20(24)10-18/h2-7,10,16,28H,8-9,11-13H2,1H3,(H,25,29)(H,26,30)/t16-/m0/s1. The molecule has 0 fully saturated rings. The highest BCUT2D eigenvalue weighted by molar-refractivity contribution is 6.30. The lowest BCUT2D eigenvalue weighted by Gasteiger charge is -2.13. The Morgan fingerprint density at radius 1 is 1.00 bits per heavy atom. The fraction of sp³-hybridized carbons (Fsp3) is 0.318. The number of ether oxygens (including phenoxy) is 2. The van der Waals surface area contributed by atoms with Crippen LogP contribution < -0.4 is 20.1 Å². The minimum atomic E-state index is -0.882. The molecule has 0 aliphatic rings. The molecule has 8 nitrogen and oxygen atoms in total. The van der Waals surface area contributed by atoms with Crippen LogP contribution in [0.4, 0.5) is 4.39 Å². The number of nitrogens with one attached hydrogen (secondary N) is 2. The normalized spacial score (nSPS) is 11.4. The molecule has 2 aromatic carbocycles. The van der Waals surface area contributed by atoms with E-state index < -0.39 is 17.8 Å². The lowest BCUT2D eigenvalue weighted by molar-refractivity contribution is -0.124. The highest BCUT2D eigenvalue weighted by atomic mass is 35.5. The molecule has 32 heavy (non-hydrogen) atoms. The van der Waals surface area contributed by atoms with Gasteiger partial charge in [-0.05, 0) is 49.7 Å². The molecular weight excluding hydrogens is 443 g/mol. The molecule has 0 heterocycles. The van der Waals surface area contributed by atoms with Gasteiger partial charge in [0.15, 0.2) is 19.0 Å². The van der Waals surface area contributed by atoms with Gasteiger partial charge in [-0.25, -0.2) is 4.39 Å². The number of ketones is 1. The maximum absolute atomic E-state index is 13.3. The van der Waals surface area contributed by atoms with E-state index in [-0.39, 0.29) is 55.2 Å². The third-order valence-electron chi connectivity index (χ3n) is 4.23. The summed E-state index contributed by atoms with van der Waals surface area (Å²) in [7, 11) is 0. The van der Waals surface area contributed by atoms with Gasteiger partial charge in [0, 0.05) is 24.7 Å². The second-order valence-electron chi connectivity index (χ2n) is 6.83. The van der Waals surface area contributed by atoms with Gasteiger partial charge in [0.1, 0.15) is 17.3 Å². The Morgan fingerprint density at radius 3 is 2.22 bits per heavy atom. The van der Waals surface area contributed by atoms with Gasteiger partial charge in [0.25, 0.3) is 11.8 Å². The summed E-state index contributed by atoms with van der Waals surface area (Å²) >= 11 is 5.57. The molecular formula is C22H24ClFN2O6. The molecule has 2 aromatic rings. The lowest BCUT2D eigenvalue weighted by Crippen LogP contribution is -2.37. The van der Waals surface area contributed by atoms with Crippen LogP contribution >= 0.6 is 11.6 Å². The first kappa shape index (κ1) is 25.1. The summed E-state index contributed by atoms with van der Waals surface area (Å²) in [5.74, 6) is -0.973. The van der Waals surface area contributed by atoms with Crippen molar-refractivity contribution in [1.29, 1.82) is 0 Å². The summed E-state index contributed by atoms with van der Waals surface area (Å²) in [6, 6.07) is 10.2. The molecule has 0 aromatic heterocycles. The van der Waals surface area contributed by atoms with Crippen molar-refractivity contribution in [3.05, 3.63) is 58.9 Å². The van der Waals surface area contributed by atoms with Gasteiger partial charge in [-0.3, -0.25) is 14.4 Å². The van der Waals surface area contributed by atoms with Crippen molar-refractivity contribution in [3.63, 3.8) is 0 Å². The van der Waals surface area contributed by atoms with Crippen LogP contribution in [-0.2, 0) is 9.59 Å². The molecule has 2 rings (SSSR count). The fourth-order valence-corrected chi connectivity index (χ4v) is 2.58. The van der Waals surface area contributed by atoms with Crippen molar-refractivity contribution in [2.75, 3.05) is 26.3 Å². The summed E-state index contributed by atoms with van der Waals surface area (Å²) in [6.45, 7) is 1.04. The Hall–Kier alpha value is -3.17. The Morgan fingerprint density at radius 2 is 1.59 bits per heavy atom. The van der Waals surface area contributed by atoms with Crippen molar-refractivity contribution >= 4 is 29.2 Å². The van der Waals surface area contributed by atoms with E-state index in [0.717, 1.165) is 6.07 Å². The highest BCUT2D eigenvalue weighted by Crippen LogP contribution is 2.20. The minimum absolute atomic E-state index is 0.0357. The van der Waals surface area contributed by atoms with E-state index in [1.165, 1.54) is 19.1 Å². The topological polar surface area (TPSA) is 114 Å². The highest BCUT2D eigenvalue weighted by Gasteiger charge is 2.10. The smallest absolute Gasteiger partial charge is 0.258 e. The van der Waals surface area contributed by atoms with Crippen LogP contribution in [-0.4, -0.2) is 55.1 Å². The van der Waals surface area contributed by atoms with Crippen LogP contribution in [0.15, 0.2) is 42.5 Å². The van der Waals surface area contributed by atoms with Crippen LogP contribution in [0.25, 0.3) is 0 Å². The second kappa shape index (κ2) is 12.6. The zero-order chi connectivity index (χ0) is 23.5. The van der Waals surface area contributed by atoms with Crippen LogP contribution in [0.2, 0.25) is 5.02 Å². The summed E-state index contributed by atoms with van der Waals surface area (Å²) in [4.78, 5) is 34.8. The number of halogens is 2. The molecule has 0 saturated heterocycles. The number of carbonyl (C=O) groups is 3. The summed E-state index contributed by atoms with van der Waals surface area (Å²) in [5.41, 5.74) is 0.549. The minimum Gasteiger partial charge on any atom is -0.484 e. The summed E-state index contributed by atoms with van der Waals surface area (Å²) in [6.07, 6.45) is -0.671. The van der Waals surface area contributed by atoms with E-state index in [1.54, 1.807) is 24.3 Å². The SMILES string of the molecule is CC(=O)c1ccc(OCC(=O)NCC[C@H](O)CNC(=O)COc2ccc(Cl)c(F)c2)cc1. The van der Waals surface area contributed by atoms with Gasteiger partial charge in [-0.1, -0.05) is 11.6 Å². The second-order valence-corrected chi connectivity index (χ2v) is 7.24. The molecule has 0 aliphatic heterocycles. The van der Waals surface area contributed by atoms with Crippen LogP contribution in [0, 0.1) is 5.82 Å². The number of hydrogen-bond acceptors (Lipinski definition) is 6. The monoisotopic (exact) mass is 466 g/mol. The molecule has 0 bridgehead atoms. The molecule has 0 unspecified atom stereocenters. The zero-order valence-electron chi connectivity index (χ0n) is 17.4. The van der Waals surface area contributed by atoms with Gasteiger partial charge in [0.05, 0.1) is 11.1 Å². The molecule has 0 spiro atoms. The number of amides is 2. The van der Waals surface area contributed by atoms with Gasteiger partial charge in [-0.15, -0.1) is 0 Å². The van der Waals surface area contributed by atoms with Gasteiger partial charge >= 0.3 is 0 Å². The molecule has 0 saturated carbocycles.